The zero-order valence-corrected chi connectivity index (χ0v) is 16.2. The van der Waals surface area contributed by atoms with Gasteiger partial charge >= 0.3 is 0 Å². The molecule has 3 aromatic rings. The molecule has 0 saturated heterocycles. The Bertz CT molecular complexity index is 1090. The van der Waals surface area contributed by atoms with Gasteiger partial charge < -0.3 is 15.8 Å². The van der Waals surface area contributed by atoms with Crippen molar-refractivity contribution in [3.05, 3.63) is 96.4 Å². The van der Waals surface area contributed by atoms with E-state index in [2.05, 4.69) is 10.3 Å². The molecule has 0 spiro atoms. The van der Waals surface area contributed by atoms with Crippen molar-refractivity contribution in [3.8, 4) is 5.75 Å². The van der Waals surface area contributed by atoms with Gasteiger partial charge in [0, 0.05) is 30.4 Å². The molecule has 1 aliphatic carbocycles. The molecule has 0 saturated carbocycles. The Morgan fingerprint density at radius 1 is 1.17 bits per heavy atom. The molecule has 1 heterocycles. The quantitative estimate of drug-likeness (QED) is 0.683. The van der Waals surface area contributed by atoms with Gasteiger partial charge in [0.15, 0.2) is 0 Å². The number of primary amides is 1. The van der Waals surface area contributed by atoms with Crippen LogP contribution in [0.3, 0.4) is 0 Å². The van der Waals surface area contributed by atoms with E-state index in [4.69, 9.17) is 10.5 Å². The number of allylic oxidation sites excluding steroid dienone is 2. The minimum atomic E-state index is -1.03. The number of nitrogens with two attached hydrogens (primary N) is 1. The van der Waals surface area contributed by atoms with Gasteiger partial charge in [0.1, 0.15) is 11.2 Å². The predicted molar refractivity (Wildman–Crippen MR) is 115 cm³/mol. The third-order valence-electron chi connectivity index (χ3n) is 5.47. The van der Waals surface area contributed by atoms with Crippen LogP contribution in [0.1, 0.15) is 11.1 Å². The van der Waals surface area contributed by atoms with E-state index in [1.807, 2.05) is 72.8 Å². The van der Waals surface area contributed by atoms with Crippen LogP contribution in [-0.4, -0.2) is 24.0 Å². The summed E-state index contributed by atoms with van der Waals surface area (Å²) < 4.78 is 5.63. The highest BCUT2D eigenvalue weighted by atomic mass is 16.5. The van der Waals surface area contributed by atoms with Crippen LogP contribution in [0.4, 0.5) is 0 Å². The number of pyridine rings is 1. The van der Waals surface area contributed by atoms with Crippen molar-refractivity contribution in [2.45, 2.75) is 18.0 Å². The number of ether oxygens (including phenoxy) is 1. The molecule has 1 amide bonds. The Kier molecular flexibility index (Phi) is 5.14. The van der Waals surface area contributed by atoms with E-state index >= 15 is 0 Å². The van der Waals surface area contributed by atoms with E-state index in [-0.39, 0.29) is 6.04 Å². The molecule has 2 unspecified atom stereocenters. The number of hydrogen-bond donors (Lipinski definition) is 2. The van der Waals surface area contributed by atoms with Crippen LogP contribution in [0.25, 0.3) is 10.8 Å². The second-order valence-electron chi connectivity index (χ2n) is 7.09. The molecular weight excluding hydrogens is 362 g/mol. The fourth-order valence-corrected chi connectivity index (χ4v) is 3.93. The average Bonchev–Trinajstić information content (AvgIpc) is 2.77. The average molecular weight is 385 g/mol. The van der Waals surface area contributed by atoms with Crippen molar-refractivity contribution in [1.82, 2.24) is 10.3 Å². The van der Waals surface area contributed by atoms with Crippen molar-refractivity contribution in [1.29, 1.82) is 0 Å². The van der Waals surface area contributed by atoms with E-state index in [0.717, 1.165) is 27.6 Å². The third kappa shape index (κ3) is 3.41. The van der Waals surface area contributed by atoms with Crippen molar-refractivity contribution >= 4 is 16.7 Å². The Morgan fingerprint density at radius 2 is 1.97 bits per heavy atom. The zero-order valence-electron chi connectivity index (χ0n) is 16.2. The summed E-state index contributed by atoms with van der Waals surface area (Å²) in [7, 11) is 1.64. The minimum absolute atomic E-state index is 0.302. The number of amides is 1. The van der Waals surface area contributed by atoms with Gasteiger partial charge in [-0.15, -0.1) is 0 Å². The molecule has 0 radical (unpaired) electrons. The molecule has 2 aromatic carbocycles. The Balaban J connectivity index is 1.79. The lowest BCUT2D eigenvalue weighted by atomic mass is 9.70. The zero-order chi connectivity index (χ0) is 20.3. The van der Waals surface area contributed by atoms with Gasteiger partial charge in [-0.25, -0.2) is 0 Å². The van der Waals surface area contributed by atoms with Gasteiger partial charge in [0.25, 0.3) is 0 Å². The standard InChI is InChI=1S/C24H23N3O2/c1-29-21-15-19(14-18-6-2-3-7-20(18)21)24(23(25)28)11-5-4-8-22(24)27-16-17-9-12-26-13-10-17/h2-15,22,27H,16H2,1H3,(H2,25,28). The molecule has 0 aliphatic heterocycles. The molecule has 2 atom stereocenters. The van der Waals surface area contributed by atoms with Crippen molar-refractivity contribution in [2.24, 2.45) is 5.73 Å². The lowest BCUT2D eigenvalue weighted by Crippen LogP contribution is -2.54. The van der Waals surface area contributed by atoms with Gasteiger partial charge in [-0.3, -0.25) is 9.78 Å². The number of hydrogen-bond acceptors (Lipinski definition) is 4. The van der Waals surface area contributed by atoms with Gasteiger partial charge in [0.05, 0.1) is 7.11 Å². The molecule has 5 nitrogen and oxygen atoms in total. The number of benzene rings is 2. The number of nitrogens with zero attached hydrogens (tertiary/aromatic N) is 1. The van der Waals surface area contributed by atoms with E-state index in [1.54, 1.807) is 19.5 Å². The van der Waals surface area contributed by atoms with Crippen LogP contribution >= 0.6 is 0 Å². The molecule has 1 aromatic heterocycles. The molecule has 4 rings (SSSR count). The van der Waals surface area contributed by atoms with Crippen LogP contribution in [-0.2, 0) is 16.8 Å². The Labute approximate surface area is 169 Å². The largest absolute Gasteiger partial charge is 0.496 e. The first-order valence-corrected chi connectivity index (χ1v) is 9.50. The summed E-state index contributed by atoms with van der Waals surface area (Å²) in [5.74, 6) is 0.303. The predicted octanol–water partition coefficient (Wildman–Crippen LogP) is 3.25. The maximum Gasteiger partial charge on any atom is 0.233 e. The number of carbonyl (C=O) groups excluding carboxylic acids is 1. The van der Waals surface area contributed by atoms with Crippen LogP contribution in [0.2, 0.25) is 0 Å². The van der Waals surface area contributed by atoms with E-state index < -0.39 is 11.3 Å². The molecule has 5 heteroatoms. The normalized spacial score (nSPS) is 20.7. The molecule has 0 bridgehead atoms. The topological polar surface area (TPSA) is 77.2 Å². The number of methoxy groups -OCH3 is 1. The summed E-state index contributed by atoms with van der Waals surface area (Å²) in [5.41, 5.74) is 6.87. The smallest absolute Gasteiger partial charge is 0.233 e. The van der Waals surface area contributed by atoms with Crippen molar-refractivity contribution < 1.29 is 9.53 Å². The SMILES string of the molecule is COc1cc(C2(C(N)=O)C=CC=CC2NCc2ccncc2)cc2ccccc12. The summed E-state index contributed by atoms with van der Waals surface area (Å²) in [5, 5.41) is 5.48. The molecule has 146 valence electrons. The highest BCUT2D eigenvalue weighted by molar-refractivity contribution is 5.95. The van der Waals surface area contributed by atoms with Crippen molar-refractivity contribution in [2.75, 3.05) is 7.11 Å². The van der Waals surface area contributed by atoms with E-state index in [0.29, 0.717) is 6.54 Å². The Morgan fingerprint density at radius 3 is 2.72 bits per heavy atom. The fraction of sp³-hybridized carbons (Fsp3) is 0.167. The summed E-state index contributed by atoms with van der Waals surface area (Å²) in [6.07, 6.45) is 11.2. The van der Waals surface area contributed by atoms with Gasteiger partial charge in [-0.05, 0) is 40.8 Å². The summed E-state index contributed by atoms with van der Waals surface area (Å²) in [4.78, 5) is 16.9. The summed E-state index contributed by atoms with van der Waals surface area (Å²) in [6, 6.07) is 15.5. The molecule has 29 heavy (non-hydrogen) atoms. The number of nitrogens with one attached hydrogen (secondary N) is 1. The van der Waals surface area contributed by atoms with E-state index in [1.165, 1.54) is 0 Å². The lowest BCUT2D eigenvalue weighted by molar-refractivity contribution is -0.122. The molecule has 0 fully saturated rings. The van der Waals surface area contributed by atoms with Crippen molar-refractivity contribution in [3.63, 3.8) is 0 Å². The first-order valence-electron chi connectivity index (χ1n) is 9.50. The lowest BCUT2D eigenvalue weighted by Gasteiger charge is -2.37. The number of rotatable bonds is 6. The maximum atomic E-state index is 12.9. The first kappa shape index (κ1) is 18.9. The van der Waals surface area contributed by atoms with Crippen LogP contribution < -0.4 is 15.8 Å². The number of fused-ring (bicyclic) bond motifs is 1. The summed E-state index contributed by atoms with van der Waals surface area (Å²) >= 11 is 0. The van der Waals surface area contributed by atoms with Crippen LogP contribution in [0.5, 0.6) is 5.75 Å². The van der Waals surface area contributed by atoms with E-state index in [9.17, 15) is 4.79 Å². The second-order valence-corrected chi connectivity index (χ2v) is 7.09. The summed E-state index contributed by atoms with van der Waals surface area (Å²) in [6.45, 7) is 0.588. The molecule has 3 N–H and O–H groups in total. The first-order chi connectivity index (χ1) is 14.1. The van der Waals surface area contributed by atoms with Crippen LogP contribution in [0, 0.1) is 0 Å². The number of aromatic nitrogens is 1. The number of carbonyl (C=O) groups is 1. The third-order valence-corrected chi connectivity index (χ3v) is 5.47. The fourth-order valence-electron chi connectivity index (χ4n) is 3.93. The highest BCUT2D eigenvalue weighted by Gasteiger charge is 2.44. The maximum absolute atomic E-state index is 12.9. The Hall–Kier alpha value is -3.44. The monoisotopic (exact) mass is 385 g/mol. The second kappa shape index (κ2) is 7.89. The molecular formula is C24H23N3O2. The highest BCUT2D eigenvalue weighted by Crippen LogP contribution is 2.38. The van der Waals surface area contributed by atoms with Crippen LogP contribution in [0.15, 0.2) is 85.2 Å². The van der Waals surface area contributed by atoms with Gasteiger partial charge in [0.2, 0.25) is 5.91 Å². The van der Waals surface area contributed by atoms with Gasteiger partial charge in [-0.2, -0.15) is 0 Å². The van der Waals surface area contributed by atoms with Gasteiger partial charge in [-0.1, -0.05) is 48.6 Å². The minimum Gasteiger partial charge on any atom is -0.496 e. The molecule has 1 aliphatic rings.